The van der Waals surface area contributed by atoms with Crippen molar-refractivity contribution >= 4 is 35.0 Å². The molecule has 0 bridgehead atoms. The minimum atomic E-state index is -4.51. The van der Waals surface area contributed by atoms with Crippen LogP contribution in [-0.4, -0.2) is 76.9 Å². The number of alkyl halides is 3. The highest BCUT2D eigenvalue weighted by Gasteiger charge is 2.35. The molecule has 12 nitrogen and oxygen atoms in total. The molecular formula is C30H35F3N6O6. The zero-order chi connectivity index (χ0) is 33.1. The van der Waals surface area contributed by atoms with Gasteiger partial charge in [0.05, 0.1) is 36.0 Å². The molecular weight excluding hydrogens is 597 g/mol. The number of ether oxygens (including phenoxy) is 1. The molecule has 5 amide bonds. The van der Waals surface area contributed by atoms with Gasteiger partial charge in [0.1, 0.15) is 17.5 Å². The number of likely N-dealkylation sites (N-methyl/N-ethyl adjacent to an activating group) is 1. The number of hydrogen-bond donors (Lipinski definition) is 4. The van der Waals surface area contributed by atoms with Crippen molar-refractivity contribution in [2.75, 3.05) is 42.7 Å². The largest absolute Gasteiger partial charge is 0.485 e. The van der Waals surface area contributed by atoms with E-state index in [9.17, 15) is 32.7 Å². The molecule has 4 rings (SSSR count). The Kier molecular flexibility index (Phi) is 9.91. The molecule has 0 radical (unpaired) electrons. The van der Waals surface area contributed by atoms with Crippen LogP contribution in [0.3, 0.4) is 0 Å². The van der Waals surface area contributed by atoms with Crippen molar-refractivity contribution in [1.29, 1.82) is 0 Å². The van der Waals surface area contributed by atoms with Gasteiger partial charge in [0.2, 0.25) is 0 Å². The van der Waals surface area contributed by atoms with Crippen molar-refractivity contribution in [3.8, 4) is 5.75 Å². The number of carbonyl (C=O) groups excluding carboxylic acids is 3. The van der Waals surface area contributed by atoms with Crippen LogP contribution < -0.4 is 20.7 Å². The van der Waals surface area contributed by atoms with Gasteiger partial charge >= 0.3 is 18.2 Å². The number of nitrogens with zero attached hydrogens (tertiary/aromatic N) is 3. The zero-order valence-corrected chi connectivity index (χ0v) is 25.4. The first-order chi connectivity index (χ1) is 21.2. The lowest BCUT2D eigenvalue weighted by Gasteiger charge is -2.38. The summed E-state index contributed by atoms with van der Waals surface area (Å²) in [6.07, 6.45) is -5.23. The maximum Gasteiger partial charge on any atom is 0.416 e. The number of amides is 5. The molecule has 0 aliphatic carbocycles. The summed E-state index contributed by atoms with van der Waals surface area (Å²) in [6, 6.07) is 6.94. The molecule has 1 aliphatic rings. The smallest absolute Gasteiger partial charge is 0.416 e. The highest BCUT2D eigenvalue weighted by molar-refractivity contribution is 6.04. The van der Waals surface area contributed by atoms with Crippen LogP contribution in [0.1, 0.15) is 41.2 Å². The van der Waals surface area contributed by atoms with Crippen molar-refractivity contribution in [1.82, 2.24) is 15.0 Å². The molecule has 3 atom stereocenters. The number of aliphatic hydroxyl groups excluding tert-OH is 1. The summed E-state index contributed by atoms with van der Waals surface area (Å²) in [7, 11) is 1.50. The third-order valence-corrected chi connectivity index (χ3v) is 7.48. The molecule has 0 spiro atoms. The van der Waals surface area contributed by atoms with Crippen molar-refractivity contribution in [3.63, 3.8) is 0 Å². The topological polar surface area (TPSA) is 149 Å². The molecule has 4 N–H and O–H groups in total. The quantitative estimate of drug-likeness (QED) is 0.275. The van der Waals surface area contributed by atoms with E-state index in [4.69, 9.17) is 9.26 Å². The zero-order valence-electron chi connectivity index (χ0n) is 25.4. The molecule has 0 saturated heterocycles. The highest BCUT2D eigenvalue weighted by atomic mass is 19.4. The number of fused-ring (bicyclic) bond motifs is 1. The monoisotopic (exact) mass is 632 g/mol. The second kappa shape index (κ2) is 13.5. The number of aliphatic hydroxyl groups is 1. The van der Waals surface area contributed by atoms with Gasteiger partial charge in [0.15, 0.2) is 11.5 Å². The SMILES string of the molecule is Cc1noc(C)c1NC(=O)Nc1cccc2c1O[C@@H](CN(C)C(=O)Nc1ccc(C(F)(F)F)cc1)[C@H](C)CN([C@@H](C)CO)C2=O. The molecule has 3 aromatic rings. The Morgan fingerprint density at radius 3 is 2.42 bits per heavy atom. The Bertz CT molecular complexity index is 1520. The van der Waals surface area contributed by atoms with Gasteiger partial charge in [-0.15, -0.1) is 0 Å². The van der Waals surface area contributed by atoms with E-state index in [0.29, 0.717) is 17.1 Å². The lowest BCUT2D eigenvalue weighted by Crippen LogP contribution is -2.50. The predicted molar refractivity (Wildman–Crippen MR) is 159 cm³/mol. The van der Waals surface area contributed by atoms with E-state index in [-0.39, 0.29) is 48.3 Å². The van der Waals surface area contributed by atoms with Crippen molar-refractivity contribution in [3.05, 3.63) is 65.0 Å². The Labute approximate surface area is 257 Å². The maximum atomic E-state index is 13.7. The average molecular weight is 633 g/mol. The summed E-state index contributed by atoms with van der Waals surface area (Å²) in [5, 5.41) is 21.7. The van der Waals surface area contributed by atoms with E-state index >= 15 is 0 Å². The first-order valence-electron chi connectivity index (χ1n) is 14.1. The van der Waals surface area contributed by atoms with Crippen LogP contribution in [0.2, 0.25) is 0 Å². The van der Waals surface area contributed by atoms with E-state index in [1.165, 1.54) is 16.8 Å². The van der Waals surface area contributed by atoms with Gasteiger partial charge in [0.25, 0.3) is 5.91 Å². The lowest BCUT2D eigenvalue weighted by molar-refractivity contribution is -0.137. The number of para-hydroxylation sites is 1. The number of aromatic nitrogens is 1. The standard InChI is InChI=1S/C30H35F3N6O6/c1-16-13-39(17(2)15-40)27(41)22-7-6-8-23(35-28(42)36-25-18(3)37-45-19(25)4)26(22)44-24(16)14-38(5)29(43)34-21-11-9-20(10-12-21)30(31,32)33/h6-12,16-17,24,40H,13-15H2,1-5H3,(H,34,43)(H2,35,36,42)/t16-,17+,24+/m1/s1. The van der Waals surface area contributed by atoms with E-state index in [1.54, 1.807) is 39.0 Å². The second-order valence-electron chi connectivity index (χ2n) is 11.0. The highest BCUT2D eigenvalue weighted by Crippen LogP contribution is 2.35. The second-order valence-corrected chi connectivity index (χ2v) is 11.0. The molecule has 0 unspecified atom stereocenters. The summed E-state index contributed by atoms with van der Waals surface area (Å²) in [5.74, 6) is -0.320. The normalized spacial score (nSPS) is 17.4. The van der Waals surface area contributed by atoms with Gasteiger partial charge in [-0.3, -0.25) is 4.79 Å². The molecule has 0 fully saturated rings. The Morgan fingerprint density at radius 2 is 1.82 bits per heavy atom. The average Bonchev–Trinajstić information content (AvgIpc) is 3.30. The van der Waals surface area contributed by atoms with E-state index < -0.39 is 41.9 Å². The summed E-state index contributed by atoms with van der Waals surface area (Å²) < 4.78 is 50.3. The van der Waals surface area contributed by atoms with Crippen LogP contribution in [-0.2, 0) is 6.18 Å². The molecule has 45 heavy (non-hydrogen) atoms. The fourth-order valence-electron chi connectivity index (χ4n) is 4.80. The molecule has 242 valence electrons. The van der Waals surface area contributed by atoms with Gasteiger partial charge in [0, 0.05) is 25.2 Å². The summed E-state index contributed by atoms with van der Waals surface area (Å²) in [6.45, 7) is 6.71. The van der Waals surface area contributed by atoms with E-state index in [1.807, 2.05) is 6.92 Å². The molecule has 1 aromatic heterocycles. The van der Waals surface area contributed by atoms with Crippen molar-refractivity contribution in [2.45, 2.75) is 46.0 Å². The first kappa shape index (κ1) is 33.1. The van der Waals surface area contributed by atoms with Crippen LogP contribution in [0.25, 0.3) is 0 Å². The van der Waals surface area contributed by atoms with Crippen LogP contribution in [0, 0.1) is 19.8 Å². The number of benzene rings is 2. The summed E-state index contributed by atoms with van der Waals surface area (Å²) in [4.78, 5) is 42.5. The van der Waals surface area contributed by atoms with Gasteiger partial charge < -0.3 is 40.1 Å². The maximum absolute atomic E-state index is 13.7. The van der Waals surface area contributed by atoms with Crippen molar-refractivity contribution in [2.24, 2.45) is 5.92 Å². The Morgan fingerprint density at radius 1 is 1.13 bits per heavy atom. The molecule has 2 aromatic carbocycles. The van der Waals surface area contributed by atoms with E-state index in [2.05, 4.69) is 21.1 Å². The lowest BCUT2D eigenvalue weighted by atomic mass is 9.99. The van der Waals surface area contributed by atoms with Gasteiger partial charge in [-0.25, -0.2) is 9.59 Å². The van der Waals surface area contributed by atoms with Gasteiger partial charge in [-0.05, 0) is 57.2 Å². The molecule has 1 aliphatic heterocycles. The van der Waals surface area contributed by atoms with Crippen LogP contribution in [0.15, 0.2) is 47.0 Å². The Hall–Kier alpha value is -4.79. The molecule has 0 saturated carbocycles. The van der Waals surface area contributed by atoms with Crippen LogP contribution in [0.4, 0.5) is 39.8 Å². The minimum Gasteiger partial charge on any atom is -0.485 e. The first-order valence-corrected chi connectivity index (χ1v) is 14.1. The molecule has 2 heterocycles. The van der Waals surface area contributed by atoms with Gasteiger partial charge in [-0.1, -0.05) is 18.1 Å². The number of aryl methyl sites for hydroxylation is 2. The number of hydrogen-bond acceptors (Lipinski definition) is 7. The van der Waals surface area contributed by atoms with Gasteiger partial charge in [-0.2, -0.15) is 13.2 Å². The number of rotatable bonds is 7. The number of halogens is 3. The number of nitrogens with one attached hydrogen (secondary N) is 3. The van der Waals surface area contributed by atoms with Crippen LogP contribution >= 0.6 is 0 Å². The summed E-state index contributed by atoms with van der Waals surface area (Å²) >= 11 is 0. The van der Waals surface area contributed by atoms with E-state index in [0.717, 1.165) is 24.3 Å². The Balaban J connectivity index is 1.60. The predicted octanol–water partition coefficient (Wildman–Crippen LogP) is 5.34. The minimum absolute atomic E-state index is 0.00220. The fraction of sp³-hybridized carbons (Fsp3) is 0.400. The number of anilines is 3. The third-order valence-electron chi connectivity index (χ3n) is 7.48. The number of urea groups is 2. The molecule has 15 heteroatoms. The van der Waals surface area contributed by atoms with Crippen molar-refractivity contribution < 1.29 is 41.9 Å². The fourth-order valence-corrected chi connectivity index (χ4v) is 4.80. The van der Waals surface area contributed by atoms with Crippen LogP contribution in [0.5, 0.6) is 5.75 Å². The summed E-state index contributed by atoms with van der Waals surface area (Å²) in [5.41, 5.74) is 0.499. The number of carbonyl (C=O) groups is 3. The third kappa shape index (κ3) is 7.66.